The summed E-state index contributed by atoms with van der Waals surface area (Å²) in [6.07, 6.45) is 1.38. The molecule has 1 heterocycles. The highest BCUT2D eigenvalue weighted by Gasteiger charge is 2.25. The Balaban J connectivity index is 2.30. The molecular weight excluding hydrogens is 154 g/mol. The third-order valence-electron chi connectivity index (χ3n) is 2.51. The average Bonchev–Trinajstić information content (AvgIpc) is 2.34. The predicted molar refractivity (Wildman–Crippen MR) is 47.1 cm³/mol. The lowest BCUT2D eigenvalue weighted by Crippen LogP contribution is -2.28. The summed E-state index contributed by atoms with van der Waals surface area (Å²) in [4.78, 5) is 12.8. The van der Waals surface area contributed by atoms with E-state index in [0.29, 0.717) is 18.4 Å². The number of likely N-dealkylation sites (tertiary alicyclic amines) is 1. The second-order valence-electron chi connectivity index (χ2n) is 3.84. The summed E-state index contributed by atoms with van der Waals surface area (Å²) in [6, 6.07) is 0.559. The molecule has 0 aliphatic carbocycles. The van der Waals surface area contributed by atoms with Crippen LogP contribution >= 0.6 is 0 Å². The first kappa shape index (κ1) is 9.52. The largest absolute Gasteiger partial charge is 0.481 e. The molecule has 3 nitrogen and oxygen atoms in total. The van der Waals surface area contributed by atoms with Gasteiger partial charge in [0.2, 0.25) is 0 Å². The van der Waals surface area contributed by atoms with Crippen LogP contribution in [0.4, 0.5) is 0 Å². The number of carbonyl (C=O) groups is 1. The second kappa shape index (κ2) is 3.90. The number of hydrogen-bond donors (Lipinski definition) is 1. The van der Waals surface area contributed by atoms with Crippen molar-refractivity contribution in [1.82, 2.24) is 4.90 Å². The van der Waals surface area contributed by atoms with Gasteiger partial charge < -0.3 is 10.0 Å². The number of nitrogens with zero attached hydrogens (tertiary/aromatic N) is 1. The molecule has 3 heteroatoms. The molecule has 1 atom stereocenters. The van der Waals surface area contributed by atoms with E-state index in [9.17, 15) is 4.79 Å². The zero-order valence-corrected chi connectivity index (χ0v) is 7.79. The van der Waals surface area contributed by atoms with Crippen LogP contribution in [0.5, 0.6) is 0 Å². The normalized spacial score (nSPS) is 25.1. The Morgan fingerprint density at radius 3 is 2.75 bits per heavy atom. The van der Waals surface area contributed by atoms with Crippen LogP contribution < -0.4 is 0 Å². The van der Waals surface area contributed by atoms with E-state index in [0.717, 1.165) is 19.5 Å². The molecule has 1 aliphatic heterocycles. The minimum atomic E-state index is -0.661. The maximum absolute atomic E-state index is 10.4. The molecule has 1 rings (SSSR count). The van der Waals surface area contributed by atoms with Gasteiger partial charge in [-0.3, -0.25) is 4.79 Å². The Morgan fingerprint density at radius 1 is 1.67 bits per heavy atom. The number of hydrogen-bond acceptors (Lipinski definition) is 2. The van der Waals surface area contributed by atoms with Crippen molar-refractivity contribution in [3.05, 3.63) is 0 Å². The molecule has 1 aliphatic rings. The summed E-state index contributed by atoms with van der Waals surface area (Å²) >= 11 is 0. The first-order chi connectivity index (χ1) is 5.59. The van der Waals surface area contributed by atoms with Crippen molar-refractivity contribution in [2.75, 3.05) is 13.1 Å². The smallest absolute Gasteiger partial charge is 0.303 e. The Hall–Kier alpha value is -0.570. The molecule has 70 valence electrons. The lowest BCUT2D eigenvalue weighted by Gasteiger charge is -2.19. The Labute approximate surface area is 73.4 Å². The monoisotopic (exact) mass is 171 g/mol. The standard InChI is InChI=1S/C9H17NO2/c1-7(2)10-4-3-8(6-10)5-9(11)12/h7-8H,3-6H2,1-2H3,(H,11,12). The highest BCUT2D eigenvalue weighted by molar-refractivity contribution is 5.67. The van der Waals surface area contributed by atoms with Crippen molar-refractivity contribution in [3.63, 3.8) is 0 Å². The van der Waals surface area contributed by atoms with Gasteiger partial charge in [-0.05, 0) is 32.7 Å². The van der Waals surface area contributed by atoms with E-state index < -0.39 is 5.97 Å². The van der Waals surface area contributed by atoms with Crippen LogP contribution in [0.2, 0.25) is 0 Å². The lowest BCUT2D eigenvalue weighted by atomic mass is 10.1. The van der Waals surface area contributed by atoms with E-state index in [2.05, 4.69) is 18.7 Å². The van der Waals surface area contributed by atoms with Crippen LogP contribution in [0.25, 0.3) is 0 Å². The molecule has 0 aromatic rings. The van der Waals surface area contributed by atoms with Crippen molar-refractivity contribution in [1.29, 1.82) is 0 Å². The third-order valence-corrected chi connectivity index (χ3v) is 2.51. The Morgan fingerprint density at radius 2 is 2.33 bits per heavy atom. The van der Waals surface area contributed by atoms with Gasteiger partial charge in [0.25, 0.3) is 0 Å². The molecule has 1 unspecified atom stereocenters. The first-order valence-electron chi connectivity index (χ1n) is 4.55. The maximum atomic E-state index is 10.4. The average molecular weight is 171 g/mol. The maximum Gasteiger partial charge on any atom is 0.303 e. The van der Waals surface area contributed by atoms with Gasteiger partial charge >= 0.3 is 5.97 Å². The van der Waals surface area contributed by atoms with Crippen LogP contribution in [0, 0.1) is 5.92 Å². The number of carboxylic acids is 1. The third kappa shape index (κ3) is 2.48. The summed E-state index contributed by atoms with van der Waals surface area (Å²) in [5, 5.41) is 8.58. The van der Waals surface area contributed by atoms with Crippen LogP contribution in [-0.4, -0.2) is 35.1 Å². The van der Waals surface area contributed by atoms with Gasteiger partial charge in [-0.2, -0.15) is 0 Å². The molecule has 0 aromatic heterocycles. The topological polar surface area (TPSA) is 40.5 Å². The van der Waals surface area contributed by atoms with Crippen LogP contribution in [0.3, 0.4) is 0 Å². The molecule has 0 radical (unpaired) electrons. The minimum absolute atomic E-state index is 0.337. The SMILES string of the molecule is CC(C)N1CCC(CC(=O)O)C1. The fourth-order valence-corrected chi connectivity index (χ4v) is 1.75. The molecule has 1 fully saturated rings. The highest BCUT2D eigenvalue weighted by atomic mass is 16.4. The quantitative estimate of drug-likeness (QED) is 0.693. The Kier molecular flexibility index (Phi) is 3.09. The first-order valence-corrected chi connectivity index (χ1v) is 4.55. The number of rotatable bonds is 3. The van der Waals surface area contributed by atoms with Crippen molar-refractivity contribution in [2.45, 2.75) is 32.7 Å². The molecule has 0 spiro atoms. The number of carboxylic acid groups (broad SMARTS) is 1. The summed E-state index contributed by atoms with van der Waals surface area (Å²) in [7, 11) is 0. The van der Waals surface area contributed by atoms with Gasteiger partial charge in [-0.25, -0.2) is 0 Å². The van der Waals surface area contributed by atoms with E-state index in [1.165, 1.54) is 0 Å². The zero-order valence-electron chi connectivity index (χ0n) is 7.79. The summed E-state index contributed by atoms with van der Waals surface area (Å²) in [5.74, 6) is -0.282. The fraction of sp³-hybridized carbons (Fsp3) is 0.889. The number of aliphatic carboxylic acids is 1. The van der Waals surface area contributed by atoms with E-state index in [4.69, 9.17) is 5.11 Å². The van der Waals surface area contributed by atoms with E-state index in [1.807, 2.05) is 0 Å². The van der Waals surface area contributed by atoms with E-state index in [1.54, 1.807) is 0 Å². The van der Waals surface area contributed by atoms with Gasteiger partial charge in [0, 0.05) is 19.0 Å². The van der Waals surface area contributed by atoms with Crippen LogP contribution in [-0.2, 0) is 4.79 Å². The van der Waals surface area contributed by atoms with Crippen molar-refractivity contribution < 1.29 is 9.90 Å². The van der Waals surface area contributed by atoms with Gasteiger partial charge in [-0.1, -0.05) is 0 Å². The van der Waals surface area contributed by atoms with Gasteiger partial charge in [0.15, 0.2) is 0 Å². The summed E-state index contributed by atoms with van der Waals surface area (Å²) in [5.41, 5.74) is 0. The molecule has 0 bridgehead atoms. The summed E-state index contributed by atoms with van der Waals surface area (Å²) < 4.78 is 0. The van der Waals surface area contributed by atoms with Gasteiger partial charge in [-0.15, -0.1) is 0 Å². The van der Waals surface area contributed by atoms with Crippen molar-refractivity contribution in [2.24, 2.45) is 5.92 Å². The minimum Gasteiger partial charge on any atom is -0.481 e. The van der Waals surface area contributed by atoms with Crippen molar-refractivity contribution in [3.8, 4) is 0 Å². The predicted octanol–water partition coefficient (Wildman–Crippen LogP) is 1.19. The lowest BCUT2D eigenvalue weighted by molar-refractivity contribution is -0.138. The van der Waals surface area contributed by atoms with Crippen molar-refractivity contribution >= 4 is 5.97 Å². The van der Waals surface area contributed by atoms with Gasteiger partial charge in [0.1, 0.15) is 0 Å². The molecule has 12 heavy (non-hydrogen) atoms. The molecule has 1 saturated heterocycles. The van der Waals surface area contributed by atoms with Crippen LogP contribution in [0.1, 0.15) is 26.7 Å². The molecule has 0 saturated carbocycles. The van der Waals surface area contributed by atoms with E-state index in [-0.39, 0.29) is 0 Å². The molecular formula is C9H17NO2. The fourth-order valence-electron chi connectivity index (χ4n) is 1.75. The zero-order chi connectivity index (χ0) is 9.14. The van der Waals surface area contributed by atoms with Crippen LogP contribution in [0.15, 0.2) is 0 Å². The van der Waals surface area contributed by atoms with Gasteiger partial charge in [0.05, 0.1) is 0 Å². The summed E-state index contributed by atoms with van der Waals surface area (Å²) in [6.45, 7) is 6.34. The van der Waals surface area contributed by atoms with E-state index >= 15 is 0 Å². The molecule has 0 aromatic carbocycles. The highest BCUT2D eigenvalue weighted by Crippen LogP contribution is 2.20. The second-order valence-corrected chi connectivity index (χ2v) is 3.84. The molecule has 1 N–H and O–H groups in total. The molecule has 0 amide bonds. The Bertz CT molecular complexity index is 168.